The number of benzene rings is 1. The van der Waals surface area contributed by atoms with Crippen molar-refractivity contribution >= 4 is 65.7 Å². The Kier molecular flexibility index (Phi) is 8.83. The molecule has 2 aromatic rings. The van der Waals surface area contributed by atoms with Crippen molar-refractivity contribution in [2.45, 2.75) is 57.1 Å². The Balaban J connectivity index is 0.00000385. The molecule has 1 aromatic heterocycles. The monoisotopic (exact) mass is 507 g/mol. The molecule has 0 bridgehead atoms. The molecule has 0 atom stereocenters. The fourth-order valence-electron chi connectivity index (χ4n) is 3.19. The van der Waals surface area contributed by atoms with Gasteiger partial charge in [-0.1, -0.05) is 45.0 Å². The van der Waals surface area contributed by atoms with Crippen LogP contribution in [-0.2, 0) is 32.2 Å². The van der Waals surface area contributed by atoms with Gasteiger partial charge in [0.25, 0.3) is 0 Å². The molecule has 0 radical (unpaired) electrons. The molecule has 1 aliphatic rings. The number of aromatic nitrogens is 1. The number of ether oxygens (including phenoxy) is 1. The van der Waals surface area contributed by atoms with Gasteiger partial charge < -0.3 is 14.3 Å². The van der Waals surface area contributed by atoms with Crippen LogP contribution in [0.1, 0.15) is 37.6 Å². The van der Waals surface area contributed by atoms with E-state index in [0.717, 1.165) is 6.07 Å². The molecule has 5 nitrogen and oxygen atoms in total. The Bertz CT molecular complexity index is 1000. The number of carbonyl (C=O) groups is 1. The van der Waals surface area contributed by atoms with Crippen LogP contribution < -0.4 is 0 Å². The summed E-state index contributed by atoms with van der Waals surface area (Å²) < 4.78 is 51.2. The average molecular weight is 508 g/mol. The first-order valence-electron chi connectivity index (χ1n) is 10.3. The Morgan fingerprint density at radius 1 is 1.18 bits per heavy atom. The zero-order chi connectivity index (χ0) is 23.9. The molecule has 0 spiro atoms. The van der Waals surface area contributed by atoms with Gasteiger partial charge in [0.2, 0.25) is 0 Å². The number of alkyl halides is 3. The predicted octanol–water partition coefficient (Wildman–Crippen LogP) is 4.99. The van der Waals surface area contributed by atoms with Crippen LogP contribution in [0.4, 0.5) is 13.2 Å². The second-order valence-electron chi connectivity index (χ2n) is 9.73. The Morgan fingerprint density at radius 3 is 2.18 bits per heavy atom. The second-order valence-corrected chi connectivity index (χ2v) is 14.5. The molecule has 3 rings (SSSR count). The van der Waals surface area contributed by atoms with Crippen LogP contribution in [0, 0.1) is 0 Å². The van der Waals surface area contributed by atoms with Crippen LogP contribution in [0.2, 0.25) is 18.1 Å². The van der Waals surface area contributed by atoms with Gasteiger partial charge in [0, 0.05) is 11.8 Å². The number of hydrogen-bond donors (Lipinski definition) is 1. The molecule has 1 aliphatic heterocycles. The summed E-state index contributed by atoms with van der Waals surface area (Å²) in [6.45, 7) is 10.5. The number of rotatable bonds is 6. The molecule has 1 fully saturated rings. The minimum absolute atomic E-state index is 0. The number of pyridine rings is 1. The van der Waals surface area contributed by atoms with Gasteiger partial charge in [0.05, 0.1) is 19.8 Å². The van der Waals surface area contributed by atoms with E-state index in [1.807, 2.05) is 13.1 Å². The third-order valence-corrected chi connectivity index (χ3v) is 11.0. The van der Waals surface area contributed by atoms with E-state index < -0.39 is 31.6 Å². The van der Waals surface area contributed by atoms with Gasteiger partial charge in [0.1, 0.15) is 11.1 Å². The number of aliphatic carboxylic acids is 1. The van der Waals surface area contributed by atoms with E-state index in [9.17, 15) is 23.1 Å². The van der Waals surface area contributed by atoms with Crippen LogP contribution in [-0.4, -0.2) is 89.0 Å². The van der Waals surface area contributed by atoms with Gasteiger partial charge in [0.15, 0.2) is 8.32 Å². The normalized spacial score (nSPS) is 16.0. The van der Waals surface area contributed by atoms with Gasteiger partial charge in [-0.2, -0.15) is 13.2 Å². The quantitative estimate of drug-likeness (QED) is 0.558. The van der Waals surface area contributed by atoms with Crippen LogP contribution >= 0.6 is 0 Å². The van der Waals surface area contributed by atoms with Crippen molar-refractivity contribution in [2.75, 3.05) is 13.2 Å². The molecule has 0 unspecified atom stereocenters. The molecule has 176 valence electrons. The molecule has 33 heavy (non-hydrogen) atoms. The predicted molar refractivity (Wildman–Crippen MR) is 124 cm³/mol. The summed E-state index contributed by atoms with van der Waals surface area (Å²) in [5, 5.41) is 9.48. The van der Waals surface area contributed by atoms with Gasteiger partial charge in [-0.3, -0.25) is 9.78 Å². The van der Waals surface area contributed by atoms with Crippen molar-refractivity contribution in [1.82, 2.24) is 4.98 Å². The van der Waals surface area contributed by atoms with E-state index in [2.05, 4.69) is 25.8 Å². The summed E-state index contributed by atoms with van der Waals surface area (Å²) >= 11 is 0. The first-order chi connectivity index (χ1) is 14.7. The standard InChI is InChI=1S/C23H28F3NO4Si.K.H/c1-21(2,3)32(4,5)31-12-16-10-19(23(24,25)26)27-11-18(16)15-6-8-17(9-7-15)22(20(28)29)13-30-14-22;;/h6-11H,12-14H2,1-5H3,(H,28,29);;. The summed E-state index contributed by atoms with van der Waals surface area (Å²) in [6.07, 6.45) is -3.35. The summed E-state index contributed by atoms with van der Waals surface area (Å²) in [7, 11) is -2.20. The van der Waals surface area contributed by atoms with Crippen LogP contribution in [0.3, 0.4) is 0 Å². The first kappa shape index (κ1) is 28.6. The van der Waals surface area contributed by atoms with E-state index >= 15 is 0 Å². The summed E-state index contributed by atoms with van der Waals surface area (Å²) in [5.41, 5.74) is 0.111. The molecule has 1 N–H and O–H groups in total. The Labute approximate surface area is 235 Å². The van der Waals surface area contributed by atoms with Gasteiger partial charge in [-0.15, -0.1) is 0 Å². The van der Waals surface area contributed by atoms with Gasteiger partial charge >= 0.3 is 63.5 Å². The zero-order valence-corrected chi connectivity index (χ0v) is 19.8. The van der Waals surface area contributed by atoms with E-state index in [0.29, 0.717) is 22.3 Å². The number of nitrogens with zero attached hydrogens (tertiary/aromatic N) is 1. The molecule has 1 saturated heterocycles. The molecular formula is C23H29F3KNO4Si. The average Bonchev–Trinajstić information content (AvgIpc) is 2.64. The minimum atomic E-state index is -4.56. The van der Waals surface area contributed by atoms with Crippen LogP contribution in [0.25, 0.3) is 11.1 Å². The van der Waals surface area contributed by atoms with E-state index in [4.69, 9.17) is 9.16 Å². The maximum absolute atomic E-state index is 13.3. The zero-order valence-electron chi connectivity index (χ0n) is 18.8. The molecule has 2 heterocycles. The van der Waals surface area contributed by atoms with Crippen molar-refractivity contribution in [3.63, 3.8) is 0 Å². The third-order valence-electron chi connectivity index (χ3n) is 6.53. The van der Waals surface area contributed by atoms with Crippen molar-refractivity contribution < 1.29 is 32.2 Å². The van der Waals surface area contributed by atoms with Crippen molar-refractivity contribution in [2.24, 2.45) is 0 Å². The van der Waals surface area contributed by atoms with Gasteiger partial charge in [-0.25, -0.2) is 0 Å². The van der Waals surface area contributed by atoms with Crippen molar-refractivity contribution in [1.29, 1.82) is 0 Å². The summed E-state index contributed by atoms with van der Waals surface area (Å²) in [5.74, 6) is -0.962. The molecule has 0 saturated carbocycles. The molecule has 0 aliphatic carbocycles. The number of carboxylic acids is 1. The van der Waals surface area contributed by atoms with E-state index in [-0.39, 0.29) is 76.2 Å². The van der Waals surface area contributed by atoms with Gasteiger partial charge in [-0.05, 0) is 40.9 Å². The SMILES string of the molecule is CC(C)(C)[Si](C)(C)OCc1cc(C(F)(F)F)ncc1-c1ccc(C2(C(=O)O)COC2)cc1.[KH]. The number of halogens is 3. The molecular weight excluding hydrogens is 478 g/mol. The second kappa shape index (κ2) is 10.2. The fraction of sp³-hybridized carbons (Fsp3) is 0.478. The number of hydrogen-bond acceptors (Lipinski definition) is 4. The van der Waals surface area contributed by atoms with Crippen LogP contribution in [0.5, 0.6) is 0 Å². The van der Waals surface area contributed by atoms with Crippen LogP contribution in [0.15, 0.2) is 36.5 Å². The van der Waals surface area contributed by atoms with E-state index in [1.54, 1.807) is 24.3 Å². The fourth-order valence-corrected chi connectivity index (χ4v) is 4.14. The number of carboxylic acid groups (broad SMARTS) is 1. The van der Waals surface area contributed by atoms with E-state index in [1.165, 1.54) is 6.20 Å². The Morgan fingerprint density at radius 2 is 1.76 bits per heavy atom. The first-order valence-corrected chi connectivity index (χ1v) is 13.2. The maximum atomic E-state index is 13.3. The van der Waals surface area contributed by atoms with Crippen molar-refractivity contribution in [3.05, 3.63) is 53.3 Å². The molecule has 1 aromatic carbocycles. The molecule has 10 heteroatoms. The Hall–Kier alpha value is -0.597. The summed E-state index contributed by atoms with van der Waals surface area (Å²) in [4.78, 5) is 15.3. The third kappa shape index (κ3) is 5.98. The summed E-state index contributed by atoms with van der Waals surface area (Å²) in [6, 6.07) is 7.82. The molecule has 0 amide bonds. The topological polar surface area (TPSA) is 68.7 Å². The van der Waals surface area contributed by atoms with Crippen molar-refractivity contribution in [3.8, 4) is 11.1 Å².